The van der Waals surface area contributed by atoms with Gasteiger partial charge in [0.15, 0.2) is 0 Å². The van der Waals surface area contributed by atoms with Crippen LogP contribution in [0.3, 0.4) is 0 Å². The summed E-state index contributed by atoms with van der Waals surface area (Å²) in [6.45, 7) is 4.67. The normalized spacial score (nSPS) is 12.1. The van der Waals surface area contributed by atoms with E-state index in [1.165, 1.54) is 5.56 Å². The Labute approximate surface area is 176 Å². The molecular weight excluding hydrogens is 380 g/mol. The molecule has 0 aliphatic heterocycles. The summed E-state index contributed by atoms with van der Waals surface area (Å²) in [6, 6.07) is 14.7. The Morgan fingerprint density at radius 2 is 1.83 bits per heavy atom. The van der Waals surface area contributed by atoms with Crippen molar-refractivity contribution in [1.82, 2.24) is 10.3 Å². The highest BCUT2D eigenvalue weighted by molar-refractivity contribution is 5.86. The SMILES string of the molecule is CC(C)c1ccc(OCCCC(=O)NC(Cc2c[nH]c3ccccc23)C(=O)O)cc1. The highest BCUT2D eigenvalue weighted by Crippen LogP contribution is 2.20. The number of fused-ring (bicyclic) bond motifs is 1. The zero-order chi connectivity index (χ0) is 21.5. The van der Waals surface area contributed by atoms with Crippen LogP contribution in [0, 0.1) is 0 Å². The van der Waals surface area contributed by atoms with Crippen LogP contribution in [0.1, 0.15) is 43.7 Å². The number of benzene rings is 2. The zero-order valence-electron chi connectivity index (χ0n) is 17.4. The van der Waals surface area contributed by atoms with Crippen LogP contribution in [-0.2, 0) is 16.0 Å². The number of hydrogen-bond donors (Lipinski definition) is 3. The first-order valence-electron chi connectivity index (χ1n) is 10.2. The summed E-state index contributed by atoms with van der Waals surface area (Å²) in [5, 5.41) is 13.1. The van der Waals surface area contributed by atoms with E-state index in [0.717, 1.165) is 22.2 Å². The third-order valence-electron chi connectivity index (χ3n) is 5.10. The summed E-state index contributed by atoms with van der Waals surface area (Å²) in [7, 11) is 0. The van der Waals surface area contributed by atoms with Gasteiger partial charge in [-0.3, -0.25) is 4.79 Å². The molecule has 0 aliphatic rings. The number of amides is 1. The second-order valence-corrected chi connectivity index (χ2v) is 7.70. The molecule has 1 heterocycles. The molecule has 0 saturated heterocycles. The van der Waals surface area contributed by atoms with E-state index < -0.39 is 12.0 Å². The Balaban J connectivity index is 1.46. The van der Waals surface area contributed by atoms with Crippen LogP contribution in [0.4, 0.5) is 0 Å². The predicted octanol–water partition coefficient (Wildman–Crippen LogP) is 4.26. The fourth-order valence-corrected chi connectivity index (χ4v) is 3.36. The van der Waals surface area contributed by atoms with E-state index in [2.05, 4.69) is 24.1 Å². The quantitative estimate of drug-likeness (QED) is 0.437. The van der Waals surface area contributed by atoms with Crippen LogP contribution in [0.15, 0.2) is 54.7 Å². The molecule has 1 atom stereocenters. The summed E-state index contributed by atoms with van der Waals surface area (Å²) in [5.74, 6) is -0.104. The van der Waals surface area contributed by atoms with Crippen molar-refractivity contribution in [3.8, 4) is 5.75 Å². The van der Waals surface area contributed by atoms with Gasteiger partial charge in [-0.05, 0) is 41.7 Å². The van der Waals surface area contributed by atoms with E-state index in [9.17, 15) is 14.7 Å². The van der Waals surface area contributed by atoms with E-state index >= 15 is 0 Å². The van der Waals surface area contributed by atoms with Crippen molar-refractivity contribution in [2.24, 2.45) is 0 Å². The number of carbonyl (C=O) groups is 2. The van der Waals surface area contributed by atoms with Crippen LogP contribution < -0.4 is 10.1 Å². The lowest BCUT2D eigenvalue weighted by Crippen LogP contribution is -2.42. The van der Waals surface area contributed by atoms with Gasteiger partial charge in [0.2, 0.25) is 5.91 Å². The molecule has 3 aromatic rings. The van der Waals surface area contributed by atoms with Crippen LogP contribution in [0.2, 0.25) is 0 Å². The predicted molar refractivity (Wildman–Crippen MR) is 117 cm³/mol. The van der Waals surface area contributed by atoms with Crippen molar-refractivity contribution in [1.29, 1.82) is 0 Å². The number of nitrogens with one attached hydrogen (secondary N) is 2. The van der Waals surface area contributed by atoms with Crippen molar-refractivity contribution in [3.63, 3.8) is 0 Å². The Morgan fingerprint density at radius 1 is 1.10 bits per heavy atom. The van der Waals surface area contributed by atoms with Crippen LogP contribution >= 0.6 is 0 Å². The van der Waals surface area contributed by atoms with Gasteiger partial charge in [0.25, 0.3) is 0 Å². The van der Waals surface area contributed by atoms with Gasteiger partial charge >= 0.3 is 5.97 Å². The first-order chi connectivity index (χ1) is 14.4. The molecule has 1 unspecified atom stereocenters. The smallest absolute Gasteiger partial charge is 0.326 e. The summed E-state index contributed by atoms with van der Waals surface area (Å²) in [5.41, 5.74) is 3.06. The summed E-state index contributed by atoms with van der Waals surface area (Å²) >= 11 is 0. The molecule has 0 saturated carbocycles. The van der Waals surface area contributed by atoms with Crippen molar-refractivity contribution >= 4 is 22.8 Å². The number of ether oxygens (including phenoxy) is 1. The standard InChI is InChI=1S/C24H28N2O4/c1-16(2)17-9-11-19(12-10-17)30-13-5-8-23(27)26-22(24(28)29)14-18-15-25-21-7-4-3-6-20(18)21/h3-4,6-7,9-12,15-16,22,25H,5,8,13-14H2,1-2H3,(H,26,27)(H,28,29). The van der Waals surface area contributed by atoms with Gasteiger partial charge in [-0.15, -0.1) is 0 Å². The van der Waals surface area contributed by atoms with Crippen molar-refractivity contribution in [2.75, 3.05) is 6.61 Å². The molecule has 0 aliphatic carbocycles. The minimum atomic E-state index is -1.05. The van der Waals surface area contributed by atoms with Crippen molar-refractivity contribution in [2.45, 2.75) is 45.1 Å². The number of carboxylic acids is 1. The van der Waals surface area contributed by atoms with Gasteiger partial charge in [-0.2, -0.15) is 0 Å². The number of H-pyrrole nitrogens is 1. The van der Waals surface area contributed by atoms with Crippen molar-refractivity contribution < 1.29 is 19.4 Å². The Bertz CT molecular complexity index is 992. The second-order valence-electron chi connectivity index (χ2n) is 7.70. The average Bonchev–Trinajstić information content (AvgIpc) is 3.14. The molecule has 6 heteroatoms. The maximum absolute atomic E-state index is 12.2. The Kier molecular flexibility index (Phi) is 7.12. The molecule has 3 rings (SSSR count). The molecule has 0 bridgehead atoms. The molecule has 3 N–H and O–H groups in total. The zero-order valence-corrected chi connectivity index (χ0v) is 17.4. The molecule has 6 nitrogen and oxygen atoms in total. The maximum atomic E-state index is 12.2. The fraction of sp³-hybridized carbons (Fsp3) is 0.333. The molecule has 2 aromatic carbocycles. The van der Waals surface area contributed by atoms with E-state index in [4.69, 9.17) is 4.74 Å². The summed E-state index contributed by atoms with van der Waals surface area (Å²) in [4.78, 5) is 27.0. The number of carbonyl (C=O) groups excluding carboxylic acids is 1. The van der Waals surface area contributed by atoms with Crippen LogP contribution in [-0.4, -0.2) is 34.6 Å². The van der Waals surface area contributed by atoms with E-state index in [1.54, 1.807) is 6.20 Å². The first-order valence-corrected chi connectivity index (χ1v) is 10.2. The molecular formula is C24H28N2O4. The number of aliphatic carboxylic acids is 1. The molecule has 30 heavy (non-hydrogen) atoms. The third-order valence-corrected chi connectivity index (χ3v) is 5.10. The summed E-state index contributed by atoms with van der Waals surface area (Å²) < 4.78 is 5.68. The number of rotatable bonds is 10. The Morgan fingerprint density at radius 3 is 2.53 bits per heavy atom. The number of aromatic amines is 1. The van der Waals surface area contributed by atoms with Crippen LogP contribution in [0.25, 0.3) is 10.9 Å². The minimum Gasteiger partial charge on any atom is -0.494 e. The third kappa shape index (κ3) is 5.63. The molecule has 0 spiro atoms. The lowest BCUT2D eigenvalue weighted by atomic mass is 10.0. The minimum absolute atomic E-state index is 0.210. The fourth-order valence-electron chi connectivity index (χ4n) is 3.36. The number of para-hydroxylation sites is 1. The largest absolute Gasteiger partial charge is 0.494 e. The van der Waals surface area contributed by atoms with Gasteiger partial charge in [0.05, 0.1) is 6.61 Å². The molecule has 1 aromatic heterocycles. The topological polar surface area (TPSA) is 91.4 Å². The Hall–Kier alpha value is -3.28. The summed E-state index contributed by atoms with van der Waals surface area (Å²) in [6.07, 6.45) is 2.74. The number of carboxylic acid groups (broad SMARTS) is 1. The van der Waals surface area contributed by atoms with Crippen molar-refractivity contribution in [3.05, 3.63) is 65.9 Å². The van der Waals surface area contributed by atoms with E-state index in [1.807, 2.05) is 48.5 Å². The molecule has 1 amide bonds. The van der Waals surface area contributed by atoms with Gasteiger partial charge in [-0.1, -0.05) is 44.2 Å². The second kappa shape index (κ2) is 9.96. The van der Waals surface area contributed by atoms with E-state index in [-0.39, 0.29) is 18.7 Å². The number of hydrogen-bond acceptors (Lipinski definition) is 3. The maximum Gasteiger partial charge on any atom is 0.326 e. The highest BCUT2D eigenvalue weighted by Gasteiger charge is 2.21. The van der Waals surface area contributed by atoms with Gasteiger partial charge in [-0.25, -0.2) is 4.79 Å². The van der Waals surface area contributed by atoms with Gasteiger partial charge in [0, 0.05) is 29.9 Å². The van der Waals surface area contributed by atoms with Gasteiger partial charge in [0.1, 0.15) is 11.8 Å². The van der Waals surface area contributed by atoms with Gasteiger partial charge < -0.3 is 20.1 Å². The van der Waals surface area contributed by atoms with Crippen LogP contribution in [0.5, 0.6) is 5.75 Å². The number of aromatic nitrogens is 1. The lowest BCUT2D eigenvalue weighted by Gasteiger charge is -2.14. The monoisotopic (exact) mass is 408 g/mol. The molecule has 0 fully saturated rings. The highest BCUT2D eigenvalue weighted by atomic mass is 16.5. The molecule has 0 radical (unpaired) electrons. The lowest BCUT2D eigenvalue weighted by molar-refractivity contribution is -0.141. The molecule has 158 valence electrons. The first kappa shape index (κ1) is 21.4. The average molecular weight is 408 g/mol. The van der Waals surface area contributed by atoms with E-state index in [0.29, 0.717) is 18.9 Å².